The van der Waals surface area contributed by atoms with Crippen LogP contribution in [0, 0.1) is 10.8 Å². The van der Waals surface area contributed by atoms with E-state index in [0.717, 1.165) is 12.5 Å². The van der Waals surface area contributed by atoms with Crippen molar-refractivity contribution < 1.29 is 58.5 Å². The predicted molar refractivity (Wildman–Crippen MR) is 209 cm³/mol. The van der Waals surface area contributed by atoms with Gasteiger partial charge in [-0.1, -0.05) is 113 Å². The van der Waals surface area contributed by atoms with Crippen molar-refractivity contribution in [2.45, 2.75) is 103 Å². The molecule has 304 valence electrons. The van der Waals surface area contributed by atoms with E-state index in [1.165, 1.54) is 72.9 Å². The lowest BCUT2D eigenvalue weighted by Crippen LogP contribution is -2.42. The molecule has 0 saturated carbocycles. The topological polar surface area (TPSA) is 226 Å². The summed E-state index contributed by atoms with van der Waals surface area (Å²) in [5, 5.41) is 63.9. The van der Waals surface area contributed by atoms with Crippen LogP contribution in [0.3, 0.4) is 0 Å². The molecule has 0 saturated heterocycles. The van der Waals surface area contributed by atoms with Crippen LogP contribution in [-0.2, 0) is 9.47 Å². The Morgan fingerprint density at radius 3 is 1.34 bits per heavy atom. The molecule has 3 heterocycles. The van der Waals surface area contributed by atoms with Gasteiger partial charge in [0.25, 0.3) is 0 Å². The molecule has 1 aliphatic rings. The summed E-state index contributed by atoms with van der Waals surface area (Å²) in [6, 6.07) is 0. The summed E-state index contributed by atoms with van der Waals surface area (Å²) in [6.07, 6.45) is 16.7. The van der Waals surface area contributed by atoms with Gasteiger partial charge in [0, 0.05) is 35.8 Å². The zero-order valence-corrected chi connectivity index (χ0v) is 32.5. The fourth-order valence-electron chi connectivity index (χ4n) is 5.31. The molecule has 0 radical (unpaired) electrons. The van der Waals surface area contributed by atoms with Crippen LogP contribution in [0.4, 0.5) is 0 Å². The third kappa shape index (κ3) is 13.1. The lowest BCUT2D eigenvalue weighted by Gasteiger charge is -2.36. The first-order valence-electron chi connectivity index (χ1n) is 18.2. The molecule has 14 heteroatoms. The van der Waals surface area contributed by atoms with Gasteiger partial charge in [0.1, 0.15) is 49.2 Å². The first-order chi connectivity index (χ1) is 26.5. The number of rotatable bonds is 6. The fourth-order valence-corrected chi connectivity index (χ4v) is 5.31. The highest BCUT2D eigenvalue weighted by Gasteiger charge is 2.39. The summed E-state index contributed by atoms with van der Waals surface area (Å²) in [4.78, 5) is 34.7. The van der Waals surface area contributed by atoms with Crippen molar-refractivity contribution in [3.8, 4) is 0 Å². The van der Waals surface area contributed by atoms with Crippen LogP contribution in [0.15, 0.2) is 106 Å². The molecule has 14 nitrogen and oxygen atoms in total. The van der Waals surface area contributed by atoms with Gasteiger partial charge >= 0.3 is 11.9 Å². The molecule has 0 aromatic carbocycles. The minimum atomic E-state index is -1.34. The number of hydrogen-bond acceptors (Lipinski definition) is 14. The number of carbonyl (C=O) groups excluding carboxylic acids is 2. The van der Waals surface area contributed by atoms with Crippen LogP contribution < -0.4 is 0 Å². The SMILES string of the molecule is C/C=C/[C@H](O)C(C)(C)[C@H]1C/C=C\[C@@H](O)[C@@H](O)/C=C/C=C\c2nc(co2)C(=O)O[C@@H](C(C)(C)[C@@H](O)/C=C/C)C/C=C\[C@@H](O)[C@@H](O)/C=C/C=C\c2nc(co2)C(=O)O1. The molecule has 2 aromatic heterocycles. The van der Waals surface area contributed by atoms with Crippen molar-refractivity contribution in [1.29, 1.82) is 0 Å². The molecular weight excluding hydrogens is 724 g/mol. The molecular formula is C42H54N2O12. The highest BCUT2D eigenvalue weighted by atomic mass is 16.6. The number of carbonyl (C=O) groups is 2. The number of oxazole rings is 2. The first kappa shape index (κ1) is 45.4. The summed E-state index contributed by atoms with van der Waals surface area (Å²) < 4.78 is 22.4. The molecule has 4 bridgehead atoms. The number of ether oxygens (including phenoxy) is 2. The Balaban J connectivity index is 1.94. The zero-order chi connectivity index (χ0) is 41.5. The lowest BCUT2D eigenvalue weighted by atomic mass is 9.79. The number of cyclic esters (lactones) is 2. The Hall–Kier alpha value is -4.96. The number of esters is 2. The zero-order valence-electron chi connectivity index (χ0n) is 32.5. The molecule has 0 spiro atoms. The van der Waals surface area contributed by atoms with Gasteiger partial charge in [-0.3, -0.25) is 0 Å². The van der Waals surface area contributed by atoms with Gasteiger partial charge in [-0.2, -0.15) is 0 Å². The van der Waals surface area contributed by atoms with E-state index in [1.807, 2.05) is 0 Å². The first-order valence-corrected chi connectivity index (χ1v) is 18.2. The predicted octanol–water partition coefficient (Wildman–Crippen LogP) is 4.83. The molecule has 0 amide bonds. The average Bonchev–Trinajstić information content (AvgIpc) is 3.84. The lowest BCUT2D eigenvalue weighted by molar-refractivity contribution is -0.0462. The summed E-state index contributed by atoms with van der Waals surface area (Å²) >= 11 is 0. The Morgan fingerprint density at radius 1 is 0.625 bits per heavy atom. The molecule has 0 fully saturated rings. The number of aliphatic hydroxyl groups is 6. The van der Waals surface area contributed by atoms with Gasteiger partial charge in [0.05, 0.1) is 12.2 Å². The van der Waals surface area contributed by atoms with E-state index in [-0.39, 0.29) is 36.0 Å². The number of aliphatic hydroxyl groups excluding tert-OH is 6. The van der Waals surface area contributed by atoms with E-state index in [4.69, 9.17) is 18.3 Å². The van der Waals surface area contributed by atoms with Crippen molar-refractivity contribution in [2.24, 2.45) is 10.8 Å². The number of hydrogen-bond donors (Lipinski definition) is 6. The van der Waals surface area contributed by atoms with E-state index in [9.17, 15) is 40.2 Å². The van der Waals surface area contributed by atoms with Crippen LogP contribution in [-0.4, -0.2) is 101 Å². The fraction of sp³-hybridized carbons (Fsp3) is 0.429. The smallest absolute Gasteiger partial charge is 0.360 e. The minimum Gasteiger partial charge on any atom is -0.457 e. The van der Waals surface area contributed by atoms with E-state index in [0.29, 0.717) is 0 Å². The quantitative estimate of drug-likeness (QED) is 0.171. The van der Waals surface area contributed by atoms with E-state index >= 15 is 0 Å². The third-order valence-electron chi connectivity index (χ3n) is 9.28. The van der Waals surface area contributed by atoms with Gasteiger partial charge in [-0.05, 0) is 13.8 Å². The van der Waals surface area contributed by atoms with Crippen LogP contribution in [0.1, 0.15) is 87.1 Å². The molecule has 8 atom stereocenters. The van der Waals surface area contributed by atoms with Gasteiger partial charge in [0.2, 0.25) is 11.8 Å². The van der Waals surface area contributed by atoms with Gasteiger partial charge in [-0.15, -0.1) is 0 Å². The molecule has 56 heavy (non-hydrogen) atoms. The highest BCUT2D eigenvalue weighted by molar-refractivity contribution is 5.87. The summed E-state index contributed by atoms with van der Waals surface area (Å²) in [6.45, 7) is 10.4. The largest absolute Gasteiger partial charge is 0.457 e. The van der Waals surface area contributed by atoms with Crippen molar-refractivity contribution in [2.75, 3.05) is 0 Å². The van der Waals surface area contributed by atoms with Crippen LogP contribution in [0.25, 0.3) is 12.2 Å². The van der Waals surface area contributed by atoms with Crippen molar-refractivity contribution in [1.82, 2.24) is 9.97 Å². The second-order valence-corrected chi connectivity index (χ2v) is 14.3. The van der Waals surface area contributed by atoms with Gasteiger partial charge in [-0.25, -0.2) is 19.6 Å². The molecule has 0 unspecified atom stereocenters. The van der Waals surface area contributed by atoms with Crippen molar-refractivity contribution in [3.05, 3.63) is 121 Å². The van der Waals surface area contributed by atoms with E-state index in [1.54, 1.807) is 65.8 Å². The number of fused-ring (bicyclic) bond motifs is 4. The normalized spacial score (nSPS) is 28.8. The van der Waals surface area contributed by atoms with Crippen molar-refractivity contribution >= 4 is 24.1 Å². The highest BCUT2D eigenvalue weighted by Crippen LogP contribution is 2.33. The van der Waals surface area contributed by atoms with Crippen LogP contribution in [0.2, 0.25) is 0 Å². The Morgan fingerprint density at radius 2 is 0.982 bits per heavy atom. The molecule has 0 aliphatic carbocycles. The van der Waals surface area contributed by atoms with Crippen LogP contribution >= 0.6 is 0 Å². The second kappa shape index (κ2) is 21.4. The number of nitrogens with zero attached hydrogens (tertiary/aromatic N) is 2. The minimum absolute atomic E-state index is 0.0472. The Kier molecular flexibility index (Phi) is 17.3. The third-order valence-corrected chi connectivity index (χ3v) is 9.28. The molecule has 1 aliphatic heterocycles. The monoisotopic (exact) mass is 778 g/mol. The maximum atomic E-state index is 13.2. The molecule has 6 N–H and O–H groups in total. The standard InChI is InChI=1S/C42H54N2O12/c1-7-15-33(49)41(3,4)35-21-13-19-31(47)29(45)17-9-12-24-38-44-28(26-54-38)40(52)56-36(42(5,6)34(50)16-8-2)22-14-20-32(48)30(46)18-10-11-23-37-43-27(25-53-37)39(51)55-35/h7-20,23-26,29-36,45-50H,21-22H2,1-6H3/b15-7+,16-8+,17-9+,18-10+,19-13-,20-14-,23-11-,24-12-/t29-,30-,31+,32+,33-,34-,35+,36+/m0/s1. The van der Waals surface area contributed by atoms with E-state index in [2.05, 4.69) is 9.97 Å². The van der Waals surface area contributed by atoms with Crippen LogP contribution in [0.5, 0.6) is 0 Å². The molecule has 2 aromatic rings. The number of allylic oxidation sites excluding steroid dienone is 6. The Labute approximate surface area is 326 Å². The maximum Gasteiger partial charge on any atom is 0.360 e. The van der Waals surface area contributed by atoms with E-state index < -0.39 is 71.6 Å². The van der Waals surface area contributed by atoms with Gasteiger partial charge in [0.15, 0.2) is 11.4 Å². The average molecular weight is 779 g/mol. The van der Waals surface area contributed by atoms with Crippen molar-refractivity contribution in [3.63, 3.8) is 0 Å². The second-order valence-electron chi connectivity index (χ2n) is 14.3. The maximum absolute atomic E-state index is 13.2. The van der Waals surface area contributed by atoms with Gasteiger partial charge < -0.3 is 48.9 Å². The summed E-state index contributed by atoms with van der Waals surface area (Å²) in [5.41, 5.74) is -2.28. The summed E-state index contributed by atoms with van der Waals surface area (Å²) in [7, 11) is 0. The Bertz CT molecular complexity index is 1680. The molecule has 3 rings (SSSR count). The number of aromatic nitrogens is 2. The summed E-state index contributed by atoms with van der Waals surface area (Å²) in [5.74, 6) is -1.55.